The molecule has 0 aromatic heterocycles. The number of amides is 1. The normalized spacial score (nSPS) is 16.4. The fraction of sp³-hybridized carbons (Fsp3) is 0.533. The maximum atomic E-state index is 13.6. The van der Waals surface area contributed by atoms with E-state index in [4.69, 9.17) is 11.6 Å². The van der Waals surface area contributed by atoms with E-state index in [-0.39, 0.29) is 11.7 Å². The molecule has 1 heterocycles. The zero-order chi connectivity index (χ0) is 14.5. The summed E-state index contributed by atoms with van der Waals surface area (Å²) in [6.45, 7) is 3.94. The second-order valence-electron chi connectivity index (χ2n) is 5.29. The molecule has 2 nitrogen and oxygen atoms in total. The van der Waals surface area contributed by atoms with Crippen LogP contribution in [0, 0.1) is 11.7 Å². The lowest BCUT2D eigenvalue weighted by Crippen LogP contribution is -2.38. The second kappa shape index (κ2) is 7.32. The Morgan fingerprint density at radius 3 is 2.80 bits per heavy atom. The lowest BCUT2D eigenvalue weighted by atomic mass is 9.99. The number of carbonyl (C=O) groups excluding carboxylic acids is 1. The van der Waals surface area contributed by atoms with Crippen LogP contribution in [-0.4, -0.2) is 29.6 Å². The summed E-state index contributed by atoms with van der Waals surface area (Å²) in [7, 11) is 0. The Bertz CT molecular complexity index is 475. The van der Waals surface area contributed by atoms with Crippen molar-refractivity contribution in [3.05, 3.63) is 34.6 Å². The van der Waals surface area contributed by atoms with Crippen molar-refractivity contribution >= 4 is 29.3 Å². The first-order valence-electron chi connectivity index (χ1n) is 6.85. The molecule has 1 amide bonds. The third-order valence-corrected chi connectivity index (χ3v) is 4.84. The van der Waals surface area contributed by atoms with Gasteiger partial charge in [-0.1, -0.05) is 24.6 Å². The topological polar surface area (TPSA) is 20.3 Å². The minimum atomic E-state index is -0.302. The molecule has 110 valence electrons. The molecule has 20 heavy (non-hydrogen) atoms. The Morgan fingerprint density at radius 1 is 1.45 bits per heavy atom. The van der Waals surface area contributed by atoms with Gasteiger partial charge in [0.05, 0.1) is 5.75 Å². The van der Waals surface area contributed by atoms with Crippen LogP contribution in [0.3, 0.4) is 0 Å². The van der Waals surface area contributed by atoms with Gasteiger partial charge in [0.2, 0.25) is 5.91 Å². The molecule has 1 aliphatic rings. The smallest absolute Gasteiger partial charge is 0.232 e. The fourth-order valence-corrected chi connectivity index (χ4v) is 3.31. The number of hydrogen-bond donors (Lipinski definition) is 0. The number of benzene rings is 1. The van der Waals surface area contributed by atoms with Crippen molar-refractivity contribution in [3.63, 3.8) is 0 Å². The van der Waals surface area contributed by atoms with Gasteiger partial charge in [0, 0.05) is 23.9 Å². The van der Waals surface area contributed by atoms with Gasteiger partial charge >= 0.3 is 0 Å². The van der Waals surface area contributed by atoms with E-state index in [2.05, 4.69) is 6.92 Å². The Hall–Kier alpha value is -0.740. The molecule has 1 fully saturated rings. The van der Waals surface area contributed by atoms with Crippen molar-refractivity contribution in [2.24, 2.45) is 5.92 Å². The molecular formula is C15H19ClFNOS. The molecule has 1 aromatic rings. The predicted molar refractivity (Wildman–Crippen MR) is 82.6 cm³/mol. The largest absolute Gasteiger partial charge is 0.342 e. The first-order valence-corrected chi connectivity index (χ1v) is 8.39. The molecule has 2 rings (SSSR count). The molecule has 0 atom stereocenters. The van der Waals surface area contributed by atoms with Gasteiger partial charge in [-0.3, -0.25) is 4.79 Å². The van der Waals surface area contributed by atoms with Crippen LogP contribution in [0.5, 0.6) is 0 Å². The first-order chi connectivity index (χ1) is 9.56. The average molecular weight is 316 g/mol. The van der Waals surface area contributed by atoms with Crippen molar-refractivity contribution in [2.45, 2.75) is 25.5 Å². The van der Waals surface area contributed by atoms with Gasteiger partial charge in [0.15, 0.2) is 0 Å². The minimum Gasteiger partial charge on any atom is -0.342 e. The van der Waals surface area contributed by atoms with Gasteiger partial charge in [-0.25, -0.2) is 4.39 Å². The van der Waals surface area contributed by atoms with Gasteiger partial charge in [-0.2, -0.15) is 0 Å². The van der Waals surface area contributed by atoms with Crippen LogP contribution in [0.1, 0.15) is 25.3 Å². The number of thioether (sulfide) groups is 1. The lowest BCUT2D eigenvalue weighted by Gasteiger charge is -2.30. The Labute approximate surface area is 128 Å². The quantitative estimate of drug-likeness (QED) is 0.838. The number of rotatable bonds is 4. The third-order valence-electron chi connectivity index (χ3n) is 3.63. The van der Waals surface area contributed by atoms with Crippen LogP contribution < -0.4 is 0 Å². The molecule has 0 N–H and O–H groups in total. The van der Waals surface area contributed by atoms with Crippen molar-refractivity contribution in [2.75, 3.05) is 18.8 Å². The zero-order valence-corrected chi connectivity index (χ0v) is 13.1. The third kappa shape index (κ3) is 4.38. The summed E-state index contributed by atoms with van der Waals surface area (Å²) in [5.41, 5.74) is 0.597. The summed E-state index contributed by atoms with van der Waals surface area (Å²) >= 11 is 7.16. The van der Waals surface area contributed by atoms with Crippen molar-refractivity contribution in [3.8, 4) is 0 Å². The second-order valence-corrected chi connectivity index (χ2v) is 6.71. The van der Waals surface area contributed by atoms with Crippen LogP contribution >= 0.6 is 23.4 Å². The highest BCUT2D eigenvalue weighted by atomic mass is 35.5. The van der Waals surface area contributed by atoms with E-state index < -0.39 is 0 Å². The highest BCUT2D eigenvalue weighted by Gasteiger charge is 2.19. The molecule has 0 unspecified atom stereocenters. The summed E-state index contributed by atoms with van der Waals surface area (Å²) in [5, 5.41) is 0.398. The van der Waals surface area contributed by atoms with Gasteiger partial charge in [0.25, 0.3) is 0 Å². The molecular weight excluding hydrogens is 297 g/mol. The maximum absolute atomic E-state index is 13.6. The standard InChI is InChI=1S/C15H19ClFNOS/c1-11-4-6-18(7-5-11)15(19)10-20-9-12-2-3-13(16)8-14(12)17/h2-3,8,11H,4-7,9-10H2,1H3. The van der Waals surface area contributed by atoms with Crippen LogP contribution in [-0.2, 0) is 10.5 Å². The molecule has 0 radical (unpaired) electrons. The Kier molecular flexibility index (Phi) is 5.73. The van der Waals surface area contributed by atoms with E-state index in [1.54, 1.807) is 12.1 Å². The predicted octanol–water partition coefficient (Wildman–Crippen LogP) is 3.97. The van der Waals surface area contributed by atoms with Crippen LogP contribution in [0.15, 0.2) is 18.2 Å². The Balaban J connectivity index is 1.76. The fourth-order valence-electron chi connectivity index (χ4n) is 2.24. The molecule has 0 aliphatic carbocycles. The van der Waals surface area contributed by atoms with E-state index >= 15 is 0 Å². The highest BCUT2D eigenvalue weighted by molar-refractivity contribution is 7.99. The van der Waals surface area contributed by atoms with Crippen molar-refractivity contribution < 1.29 is 9.18 Å². The SMILES string of the molecule is CC1CCN(C(=O)CSCc2ccc(Cl)cc2F)CC1. The molecule has 1 aliphatic heterocycles. The monoisotopic (exact) mass is 315 g/mol. The van der Waals surface area contributed by atoms with Crippen molar-refractivity contribution in [1.82, 2.24) is 4.90 Å². The average Bonchev–Trinajstić information content (AvgIpc) is 2.42. The zero-order valence-electron chi connectivity index (χ0n) is 11.6. The minimum absolute atomic E-state index is 0.163. The molecule has 0 bridgehead atoms. The van der Waals surface area contributed by atoms with Crippen molar-refractivity contribution in [1.29, 1.82) is 0 Å². The van der Waals surface area contributed by atoms with E-state index in [0.717, 1.165) is 31.8 Å². The number of halogens is 2. The lowest BCUT2D eigenvalue weighted by molar-refractivity contribution is -0.129. The summed E-state index contributed by atoms with van der Waals surface area (Å²) in [5.74, 6) is 1.49. The summed E-state index contributed by atoms with van der Waals surface area (Å²) < 4.78 is 13.6. The van der Waals surface area contributed by atoms with E-state index in [0.29, 0.717) is 22.1 Å². The Morgan fingerprint density at radius 2 is 2.15 bits per heavy atom. The molecule has 1 saturated heterocycles. The van der Waals surface area contributed by atoms with E-state index in [1.165, 1.54) is 17.8 Å². The number of hydrogen-bond acceptors (Lipinski definition) is 2. The summed E-state index contributed by atoms with van der Waals surface area (Å²) in [4.78, 5) is 13.9. The van der Waals surface area contributed by atoms with Crippen LogP contribution in [0.25, 0.3) is 0 Å². The van der Waals surface area contributed by atoms with Crippen LogP contribution in [0.4, 0.5) is 4.39 Å². The summed E-state index contributed by atoms with van der Waals surface area (Å²) in [6, 6.07) is 4.66. The molecule has 5 heteroatoms. The van der Waals surface area contributed by atoms with Gasteiger partial charge in [-0.05, 0) is 36.5 Å². The van der Waals surface area contributed by atoms with Gasteiger partial charge in [-0.15, -0.1) is 11.8 Å². The van der Waals surface area contributed by atoms with Crippen LogP contribution in [0.2, 0.25) is 5.02 Å². The van der Waals surface area contributed by atoms with E-state index in [1.807, 2.05) is 4.90 Å². The highest BCUT2D eigenvalue weighted by Crippen LogP contribution is 2.21. The summed E-state index contributed by atoms with van der Waals surface area (Å²) in [6.07, 6.45) is 2.17. The molecule has 0 spiro atoms. The number of piperidine rings is 1. The molecule has 1 aromatic carbocycles. The van der Waals surface area contributed by atoms with Gasteiger partial charge in [0.1, 0.15) is 5.82 Å². The number of nitrogens with zero attached hydrogens (tertiary/aromatic N) is 1. The molecule has 0 saturated carbocycles. The van der Waals surface area contributed by atoms with Gasteiger partial charge < -0.3 is 4.90 Å². The number of likely N-dealkylation sites (tertiary alicyclic amines) is 1. The maximum Gasteiger partial charge on any atom is 0.232 e. The number of carbonyl (C=O) groups is 1. The first kappa shape index (κ1) is 15.6. The van der Waals surface area contributed by atoms with E-state index in [9.17, 15) is 9.18 Å².